The molecule has 0 spiro atoms. The maximum absolute atomic E-state index is 13.5. The summed E-state index contributed by atoms with van der Waals surface area (Å²) in [4.78, 5) is 12.3. The number of nitrogens with one attached hydrogen (secondary N) is 2. The lowest BCUT2D eigenvalue weighted by Gasteiger charge is -2.22. The predicted octanol–water partition coefficient (Wildman–Crippen LogP) is 4.49. The van der Waals surface area contributed by atoms with Crippen LogP contribution in [0.1, 0.15) is 25.7 Å². The van der Waals surface area contributed by atoms with Crippen LogP contribution in [-0.4, -0.2) is 19.0 Å². The third kappa shape index (κ3) is 4.43. The van der Waals surface area contributed by atoms with Gasteiger partial charge in [0.1, 0.15) is 0 Å². The third-order valence-electron chi connectivity index (χ3n) is 4.73. The SMILES string of the molecule is O=C(CCC1CCNCC1)Nc1ccccc1-c1cc(F)c(F)c(F)c1. The first-order chi connectivity index (χ1) is 12.5. The molecule has 1 aliphatic heterocycles. The van der Waals surface area contributed by atoms with E-state index < -0.39 is 17.5 Å². The molecule has 1 fully saturated rings. The molecule has 1 aliphatic rings. The van der Waals surface area contributed by atoms with Crippen LogP contribution in [-0.2, 0) is 4.79 Å². The number of hydrogen-bond donors (Lipinski definition) is 2. The van der Waals surface area contributed by atoms with Crippen LogP contribution in [0.15, 0.2) is 36.4 Å². The molecule has 3 rings (SSSR count). The van der Waals surface area contributed by atoms with Crippen LogP contribution in [0.2, 0.25) is 0 Å². The molecule has 0 bridgehead atoms. The summed E-state index contributed by atoms with van der Waals surface area (Å²) in [6.07, 6.45) is 3.34. The van der Waals surface area contributed by atoms with Gasteiger partial charge >= 0.3 is 0 Å². The smallest absolute Gasteiger partial charge is 0.224 e. The Bertz CT molecular complexity index is 765. The van der Waals surface area contributed by atoms with Crippen LogP contribution in [0.25, 0.3) is 11.1 Å². The highest BCUT2D eigenvalue weighted by molar-refractivity contribution is 5.95. The molecule has 0 saturated carbocycles. The number of anilines is 1. The van der Waals surface area contributed by atoms with Gasteiger partial charge in [-0.05, 0) is 62.0 Å². The number of benzene rings is 2. The molecule has 2 aromatic rings. The molecule has 1 amide bonds. The first-order valence-corrected chi connectivity index (χ1v) is 8.79. The molecule has 138 valence electrons. The summed E-state index contributed by atoms with van der Waals surface area (Å²) in [5.41, 5.74) is 1.07. The van der Waals surface area contributed by atoms with Crippen molar-refractivity contribution < 1.29 is 18.0 Å². The molecular weight excluding hydrogens is 341 g/mol. The van der Waals surface area contributed by atoms with Gasteiger partial charge in [-0.25, -0.2) is 13.2 Å². The average Bonchev–Trinajstić information content (AvgIpc) is 2.65. The van der Waals surface area contributed by atoms with Crippen LogP contribution in [0, 0.1) is 23.4 Å². The van der Waals surface area contributed by atoms with Gasteiger partial charge in [-0.1, -0.05) is 18.2 Å². The van der Waals surface area contributed by atoms with E-state index in [0.29, 0.717) is 23.6 Å². The van der Waals surface area contributed by atoms with Crippen molar-refractivity contribution in [1.82, 2.24) is 5.32 Å². The molecule has 0 unspecified atom stereocenters. The Morgan fingerprint density at radius 3 is 2.42 bits per heavy atom. The molecule has 0 atom stereocenters. The topological polar surface area (TPSA) is 41.1 Å². The van der Waals surface area contributed by atoms with Crippen LogP contribution >= 0.6 is 0 Å². The van der Waals surface area contributed by atoms with E-state index in [-0.39, 0.29) is 11.5 Å². The van der Waals surface area contributed by atoms with Crippen LogP contribution in [0.4, 0.5) is 18.9 Å². The van der Waals surface area contributed by atoms with Gasteiger partial charge in [-0.3, -0.25) is 4.79 Å². The van der Waals surface area contributed by atoms with Gasteiger partial charge in [-0.15, -0.1) is 0 Å². The van der Waals surface area contributed by atoms with Gasteiger partial charge in [0.15, 0.2) is 17.5 Å². The second-order valence-corrected chi connectivity index (χ2v) is 6.58. The van der Waals surface area contributed by atoms with Crippen molar-refractivity contribution in [2.75, 3.05) is 18.4 Å². The molecule has 6 heteroatoms. The van der Waals surface area contributed by atoms with Gasteiger partial charge in [0.2, 0.25) is 5.91 Å². The van der Waals surface area contributed by atoms with Gasteiger partial charge in [0, 0.05) is 17.7 Å². The Kier molecular flexibility index (Phi) is 5.93. The summed E-state index contributed by atoms with van der Waals surface area (Å²) in [5, 5.41) is 6.10. The van der Waals surface area contributed by atoms with E-state index in [4.69, 9.17) is 0 Å². The first-order valence-electron chi connectivity index (χ1n) is 8.79. The van der Waals surface area contributed by atoms with E-state index in [1.54, 1.807) is 24.3 Å². The highest BCUT2D eigenvalue weighted by Crippen LogP contribution is 2.30. The predicted molar refractivity (Wildman–Crippen MR) is 95.2 cm³/mol. The van der Waals surface area contributed by atoms with Crippen molar-refractivity contribution in [3.63, 3.8) is 0 Å². The van der Waals surface area contributed by atoms with E-state index in [9.17, 15) is 18.0 Å². The van der Waals surface area contributed by atoms with Gasteiger partial charge < -0.3 is 10.6 Å². The molecule has 26 heavy (non-hydrogen) atoms. The standard InChI is InChI=1S/C20H21F3N2O/c21-16-11-14(12-17(22)20(16)23)15-3-1-2-4-18(15)25-19(26)6-5-13-7-9-24-10-8-13/h1-4,11-13,24H,5-10H2,(H,25,26). The fourth-order valence-electron chi connectivity index (χ4n) is 3.27. The highest BCUT2D eigenvalue weighted by atomic mass is 19.2. The summed E-state index contributed by atoms with van der Waals surface area (Å²) in [5.74, 6) is -3.62. The number of hydrogen-bond acceptors (Lipinski definition) is 2. The Morgan fingerprint density at radius 2 is 1.73 bits per heavy atom. The second-order valence-electron chi connectivity index (χ2n) is 6.58. The lowest BCUT2D eigenvalue weighted by atomic mass is 9.93. The van der Waals surface area contributed by atoms with Gasteiger partial charge in [0.25, 0.3) is 0 Å². The minimum absolute atomic E-state index is 0.140. The second kappa shape index (κ2) is 8.36. The maximum atomic E-state index is 13.5. The van der Waals surface area contributed by atoms with Crippen molar-refractivity contribution in [2.45, 2.75) is 25.7 Å². The number of halogens is 3. The maximum Gasteiger partial charge on any atom is 0.224 e. The fraction of sp³-hybridized carbons (Fsp3) is 0.350. The lowest BCUT2D eigenvalue weighted by Crippen LogP contribution is -2.28. The van der Waals surface area contributed by atoms with Crippen LogP contribution < -0.4 is 10.6 Å². The summed E-state index contributed by atoms with van der Waals surface area (Å²) in [6.45, 7) is 1.97. The minimum atomic E-state index is -1.50. The first kappa shape index (κ1) is 18.5. The van der Waals surface area contributed by atoms with E-state index in [0.717, 1.165) is 44.5 Å². The number of para-hydroxylation sites is 1. The van der Waals surface area contributed by atoms with Crippen molar-refractivity contribution in [3.05, 3.63) is 53.8 Å². The van der Waals surface area contributed by atoms with Gasteiger partial charge in [-0.2, -0.15) is 0 Å². The fourth-order valence-corrected chi connectivity index (χ4v) is 3.27. The Balaban J connectivity index is 1.72. The molecule has 0 aromatic heterocycles. The van der Waals surface area contributed by atoms with Gasteiger partial charge in [0.05, 0.1) is 0 Å². The number of carbonyl (C=O) groups excluding carboxylic acids is 1. The molecule has 3 nitrogen and oxygen atoms in total. The van der Waals surface area contributed by atoms with Crippen molar-refractivity contribution in [2.24, 2.45) is 5.92 Å². The molecule has 0 radical (unpaired) electrons. The zero-order chi connectivity index (χ0) is 18.5. The summed E-state index contributed by atoms with van der Waals surface area (Å²) < 4.78 is 40.3. The normalized spacial score (nSPS) is 15.0. The van der Waals surface area contributed by atoms with E-state index in [1.807, 2.05) is 0 Å². The van der Waals surface area contributed by atoms with Crippen molar-refractivity contribution in [3.8, 4) is 11.1 Å². The number of piperidine rings is 1. The Labute approximate surface area is 150 Å². The Morgan fingerprint density at radius 1 is 1.08 bits per heavy atom. The van der Waals surface area contributed by atoms with E-state index >= 15 is 0 Å². The zero-order valence-electron chi connectivity index (χ0n) is 14.3. The number of carbonyl (C=O) groups is 1. The third-order valence-corrected chi connectivity index (χ3v) is 4.73. The summed E-state index contributed by atoms with van der Waals surface area (Å²) >= 11 is 0. The largest absolute Gasteiger partial charge is 0.326 e. The zero-order valence-corrected chi connectivity index (χ0v) is 14.3. The quantitative estimate of drug-likeness (QED) is 0.770. The van der Waals surface area contributed by atoms with E-state index in [1.165, 1.54) is 0 Å². The molecule has 0 aliphatic carbocycles. The lowest BCUT2D eigenvalue weighted by molar-refractivity contribution is -0.116. The monoisotopic (exact) mass is 362 g/mol. The highest BCUT2D eigenvalue weighted by Gasteiger charge is 2.17. The number of amides is 1. The molecule has 1 heterocycles. The van der Waals surface area contributed by atoms with Crippen LogP contribution in [0.3, 0.4) is 0 Å². The average molecular weight is 362 g/mol. The minimum Gasteiger partial charge on any atom is -0.326 e. The van der Waals surface area contributed by atoms with Crippen molar-refractivity contribution in [1.29, 1.82) is 0 Å². The molecule has 2 aromatic carbocycles. The Hall–Kier alpha value is -2.34. The van der Waals surface area contributed by atoms with Crippen molar-refractivity contribution >= 4 is 11.6 Å². The molecule has 1 saturated heterocycles. The summed E-state index contributed by atoms with van der Waals surface area (Å²) in [6, 6.07) is 8.57. The van der Waals surface area contributed by atoms with E-state index in [2.05, 4.69) is 10.6 Å². The van der Waals surface area contributed by atoms with Crippen LogP contribution in [0.5, 0.6) is 0 Å². The molecule has 2 N–H and O–H groups in total. The summed E-state index contributed by atoms with van der Waals surface area (Å²) in [7, 11) is 0. The molecular formula is C20H21F3N2O. The number of rotatable bonds is 5.